The summed E-state index contributed by atoms with van der Waals surface area (Å²) in [7, 11) is 0. The number of nitrogens with zero attached hydrogens (tertiary/aromatic N) is 2. The molecule has 0 aliphatic heterocycles. The Morgan fingerprint density at radius 1 is 0.960 bits per heavy atom. The molecule has 0 radical (unpaired) electrons. The van der Waals surface area contributed by atoms with E-state index in [2.05, 4.69) is 65.6 Å². The lowest BCUT2D eigenvalue weighted by Crippen LogP contribution is -2.38. The van der Waals surface area contributed by atoms with Gasteiger partial charge in [0.25, 0.3) is 0 Å². The molecule has 0 amide bonds. The highest BCUT2D eigenvalue weighted by Gasteiger charge is 2.00. The molecule has 0 fully saturated rings. The minimum absolute atomic E-state index is 0.754. The minimum atomic E-state index is 0.754. The molecule has 0 bridgehead atoms. The second kappa shape index (κ2) is 9.82. The average Bonchev–Trinajstić information content (AvgIpc) is 2.56. The highest BCUT2D eigenvalue weighted by atomic mass is 15.2. The molecule has 2 rings (SSSR count). The number of aliphatic imine (C=N–C) groups is 1. The van der Waals surface area contributed by atoms with Gasteiger partial charge in [0.05, 0.1) is 0 Å². The topological polar surface area (TPSA) is 49.3 Å². The molecule has 2 N–H and O–H groups in total. The van der Waals surface area contributed by atoms with Crippen molar-refractivity contribution in [3.05, 3.63) is 64.5 Å². The molecule has 1 aromatic heterocycles. The van der Waals surface area contributed by atoms with Crippen molar-refractivity contribution >= 4 is 5.96 Å². The van der Waals surface area contributed by atoms with E-state index in [4.69, 9.17) is 0 Å². The minimum Gasteiger partial charge on any atom is -0.357 e. The Bertz CT molecular complexity index is 669. The summed E-state index contributed by atoms with van der Waals surface area (Å²) in [5.74, 6) is 0.881. The largest absolute Gasteiger partial charge is 0.357 e. The van der Waals surface area contributed by atoms with Crippen LogP contribution in [-0.2, 0) is 12.8 Å². The van der Waals surface area contributed by atoms with Gasteiger partial charge < -0.3 is 10.6 Å². The van der Waals surface area contributed by atoms with Gasteiger partial charge in [-0.1, -0.05) is 35.4 Å². The Hall–Kier alpha value is -2.36. The van der Waals surface area contributed by atoms with E-state index in [0.29, 0.717) is 0 Å². The quantitative estimate of drug-likeness (QED) is 0.601. The maximum Gasteiger partial charge on any atom is 0.191 e. The third kappa shape index (κ3) is 6.96. The molecule has 1 aromatic carbocycles. The van der Waals surface area contributed by atoms with Crippen molar-refractivity contribution in [1.82, 2.24) is 15.6 Å². The third-order valence-corrected chi connectivity index (χ3v) is 3.97. The fourth-order valence-corrected chi connectivity index (χ4v) is 2.82. The second-order valence-corrected chi connectivity index (χ2v) is 6.49. The molecule has 1 heterocycles. The van der Waals surface area contributed by atoms with Gasteiger partial charge in [-0.05, 0) is 57.7 Å². The number of hydrogen-bond donors (Lipinski definition) is 2. The highest BCUT2D eigenvalue weighted by molar-refractivity contribution is 5.79. The molecule has 25 heavy (non-hydrogen) atoms. The molecule has 0 aliphatic carbocycles. The van der Waals surface area contributed by atoms with E-state index in [1.165, 1.54) is 22.3 Å². The van der Waals surface area contributed by atoms with E-state index in [1.54, 1.807) is 0 Å². The van der Waals surface area contributed by atoms with Crippen molar-refractivity contribution in [2.45, 2.75) is 40.5 Å². The standard InChI is InChI=1S/C21H30N4/c1-5-22-21(23-10-8-19-7-6-18(4)25-15-19)24-11-9-20-13-16(2)12-17(3)14-20/h6-7,12-15H,5,8-11H2,1-4H3,(H2,22,23,24). The van der Waals surface area contributed by atoms with Gasteiger partial charge in [-0.2, -0.15) is 0 Å². The van der Waals surface area contributed by atoms with Gasteiger partial charge in [0.2, 0.25) is 0 Å². The Labute approximate surface area is 151 Å². The zero-order valence-corrected chi connectivity index (χ0v) is 15.9. The first-order valence-electron chi connectivity index (χ1n) is 9.07. The zero-order valence-electron chi connectivity index (χ0n) is 15.9. The summed E-state index contributed by atoms with van der Waals surface area (Å²) in [5.41, 5.74) is 6.28. The molecule has 4 heteroatoms. The molecule has 4 nitrogen and oxygen atoms in total. The lowest BCUT2D eigenvalue weighted by atomic mass is 10.1. The molecule has 0 atom stereocenters. The first kappa shape index (κ1) is 19.0. The normalized spacial score (nSPS) is 11.4. The van der Waals surface area contributed by atoms with Gasteiger partial charge in [0, 0.05) is 31.5 Å². The van der Waals surface area contributed by atoms with Gasteiger partial charge in [-0.3, -0.25) is 9.98 Å². The fraction of sp³-hybridized carbons (Fsp3) is 0.429. The van der Waals surface area contributed by atoms with Crippen LogP contribution < -0.4 is 10.6 Å². The predicted octanol–water partition coefficient (Wildman–Crippen LogP) is 3.35. The second-order valence-electron chi connectivity index (χ2n) is 6.49. The Balaban J connectivity index is 1.83. The van der Waals surface area contributed by atoms with E-state index in [0.717, 1.165) is 44.1 Å². The van der Waals surface area contributed by atoms with Crippen LogP contribution in [0.5, 0.6) is 0 Å². The smallest absolute Gasteiger partial charge is 0.191 e. The molecule has 2 aromatic rings. The molecule has 0 spiro atoms. The van der Waals surface area contributed by atoms with Crippen molar-refractivity contribution in [3.8, 4) is 0 Å². The van der Waals surface area contributed by atoms with E-state index in [-0.39, 0.29) is 0 Å². The van der Waals surface area contributed by atoms with Crippen molar-refractivity contribution in [2.24, 2.45) is 4.99 Å². The SMILES string of the molecule is CCNC(=NCCc1ccc(C)nc1)NCCc1cc(C)cc(C)c1. The first-order chi connectivity index (χ1) is 12.1. The molecule has 134 valence electrons. The first-order valence-corrected chi connectivity index (χ1v) is 9.07. The zero-order chi connectivity index (χ0) is 18.1. The lowest BCUT2D eigenvalue weighted by molar-refractivity contribution is 0.795. The van der Waals surface area contributed by atoms with Crippen LogP contribution in [0.1, 0.15) is 34.9 Å². The van der Waals surface area contributed by atoms with Crippen LogP contribution in [0.2, 0.25) is 0 Å². The van der Waals surface area contributed by atoms with E-state index < -0.39 is 0 Å². The van der Waals surface area contributed by atoms with Crippen LogP contribution in [0.4, 0.5) is 0 Å². The van der Waals surface area contributed by atoms with E-state index in [1.807, 2.05) is 19.2 Å². The monoisotopic (exact) mass is 338 g/mol. The highest BCUT2D eigenvalue weighted by Crippen LogP contribution is 2.09. The predicted molar refractivity (Wildman–Crippen MR) is 106 cm³/mol. The van der Waals surface area contributed by atoms with Crippen LogP contribution in [0.25, 0.3) is 0 Å². The van der Waals surface area contributed by atoms with Crippen molar-refractivity contribution < 1.29 is 0 Å². The summed E-state index contributed by atoms with van der Waals surface area (Å²) in [4.78, 5) is 8.99. The molecular formula is C21H30N4. The summed E-state index contributed by atoms with van der Waals surface area (Å²) >= 11 is 0. The van der Waals surface area contributed by atoms with Gasteiger partial charge in [0.15, 0.2) is 5.96 Å². The third-order valence-electron chi connectivity index (χ3n) is 3.97. The maximum absolute atomic E-state index is 4.66. The van der Waals surface area contributed by atoms with Crippen LogP contribution >= 0.6 is 0 Å². The number of rotatable bonds is 7. The van der Waals surface area contributed by atoms with E-state index in [9.17, 15) is 0 Å². The van der Waals surface area contributed by atoms with Crippen molar-refractivity contribution in [1.29, 1.82) is 0 Å². The van der Waals surface area contributed by atoms with Crippen LogP contribution in [0.3, 0.4) is 0 Å². The van der Waals surface area contributed by atoms with Crippen LogP contribution in [0, 0.1) is 20.8 Å². The molecule has 0 aliphatic rings. The lowest BCUT2D eigenvalue weighted by Gasteiger charge is -2.12. The number of hydrogen-bond acceptors (Lipinski definition) is 2. The number of benzene rings is 1. The Morgan fingerprint density at radius 2 is 1.72 bits per heavy atom. The van der Waals surface area contributed by atoms with Gasteiger partial charge >= 0.3 is 0 Å². The van der Waals surface area contributed by atoms with Gasteiger partial charge in [-0.15, -0.1) is 0 Å². The van der Waals surface area contributed by atoms with E-state index >= 15 is 0 Å². The molecule has 0 saturated heterocycles. The van der Waals surface area contributed by atoms with Gasteiger partial charge in [0.1, 0.15) is 0 Å². The number of aryl methyl sites for hydroxylation is 3. The summed E-state index contributed by atoms with van der Waals surface area (Å²) in [6, 6.07) is 10.9. The average molecular weight is 338 g/mol. The summed E-state index contributed by atoms with van der Waals surface area (Å²) in [6.07, 6.45) is 3.83. The number of pyridine rings is 1. The Kier molecular flexibility index (Phi) is 7.45. The van der Waals surface area contributed by atoms with Crippen LogP contribution in [0.15, 0.2) is 41.5 Å². The number of guanidine groups is 1. The van der Waals surface area contributed by atoms with Gasteiger partial charge in [-0.25, -0.2) is 0 Å². The number of nitrogens with one attached hydrogen (secondary N) is 2. The van der Waals surface area contributed by atoms with Crippen molar-refractivity contribution in [2.75, 3.05) is 19.6 Å². The summed E-state index contributed by atoms with van der Waals surface area (Å²) < 4.78 is 0. The molecule has 0 unspecified atom stereocenters. The fourth-order valence-electron chi connectivity index (χ4n) is 2.82. The Morgan fingerprint density at radius 3 is 2.36 bits per heavy atom. The molecule has 0 saturated carbocycles. The van der Waals surface area contributed by atoms with Crippen LogP contribution in [-0.4, -0.2) is 30.6 Å². The summed E-state index contributed by atoms with van der Waals surface area (Å²) in [5, 5.41) is 6.74. The maximum atomic E-state index is 4.66. The van der Waals surface area contributed by atoms with Crippen molar-refractivity contribution in [3.63, 3.8) is 0 Å². The molecular weight excluding hydrogens is 308 g/mol. The summed E-state index contributed by atoms with van der Waals surface area (Å²) in [6.45, 7) is 10.9. The number of aromatic nitrogens is 1.